The number of likely N-dealkylation sites (N-methyl/N-ethyl adjacent to an activating group) is 1. The van der Waals surface area contributed by atoms with Gasteiger partial charge < -0.3 is 15.0 Å². The molecule has 112 valence electrons. The van der Waals surface area contributed by atoms with Crippen LogP contribution in [-0.2, 0) is 11.3 Å². The first-order valence-corrected chi connectivity index (χ1v) is 7.47. The molecule has 4 nitrogen and oxygen atoms in total. The smallest absolute Gasteiger partial charge is 0.132 e. The second-order valence-electron chi connectivity index (χ2n) is 6.61. The second-order valence-corrected chi connectivity index (χ2v) is 6.61. The molecule has 1 saturated heterocycles. The second kappa shape index (κ2) is 6.55. The zero-order valence-electron chi connectivity index (χ0n) is 13.1. The van der Waals surface area contributed by atoms with E-state index in [1.807, 2.05) is 12.3 Å². The summed E-state index contributed by atoms with van der Waals surface area (Å²) < 4.78 is 5.71. The SMILES string of the molecule is CN(CC1CCCO1)c1ncccc1CNC(C)(C)C. The van der Waals surface area contributed by atoms with Gasteiger partial charge in [0.2, 0.25) is 0 Å². The van der Waals surface area contributed by atoms with Gasteiger partial charge in [0.05, 0.1) is 6.10 Å². The number of nitrogens with zero attached hydrogens (tertiary/aromatic N) is 2. The summed E-state index contributed by atoms with van der Waals surface area (Å²) in [5.41, 5.74) is 1.35. The van der Waals surface area contributed by atoms with E-state index in [1.54, 1.807) is 0 Å². The van der Waals surface area contributed by atoms with Gasteiger partial charge in [0.15, 0.2) is 0 Å². The fourth-order valence-electron chi connectivity index (χ4n) is 2.45. The molecule has 0 aliphatic carbocycles. The molecule has 20 heavy (non-hydrogen) atoms. The molecule has 0 aromatic carbocycles. The summed E-state index contributed by atoms with van der Waals surface area (Å²) in [6.07, 6.45) is 4.55. The van der Waals surface area contributed by atoms with Crippen LogP contribution in [-0.4, -0.2) is 36.8 Å². The molecule has 1 unspecified atom stereocenters. The van der Waals surface area contributed by atoms with Gasteiger partial charge in [-0.25, -0.2) is 4.98 Å². The van der Waals surface area contributed by atoms with E-state index in [9.17, 15) is 0 Å². The Labute approximate surface area is 122 Å². The zero-order chi connectivity index (χ0) is 14.6. The van der Waals surface area contributed by atoms with Crippen LogP contribution in [0.5, 0.6) is 0 Å². The molecule has 1 aromatic rings. The number of hydrogen-bond donors (Lipinski definition) is 1. The zero-order valence-corrected chi connectivity index (χ0v) is 13.1. The number of pyridine rings is 1. The first-order chi connectivity index (χ1) is 9.46. The van der Waals surface area contributed by atoms with Crippen LogP contribution in [0.25, 0.3) is 0 Å². The average Bonchev–Trinajstić information content (AvgIpc) is 2.88. The van der Waals surface area contributed by atoms with E-state index < -0.39 is 0 Å². The van der Waals surface area contributed by atoms with E-state index in [2.05, 4.69) is 49.1 Å². The summed E-state index contributed by atoms with van der Waals surface area (Å²) in [6.45, 7) is 9.19. The maximum atomic E-state index is 5.71. The minimum atomic E-state index is 0.111. The predicted molar refractivity (Wildman–Crippen MR) is 83.1 cm³/mol. The van der Waals surface area contributed by atoms with Crippen molar-refractivity contribution in [3.8, 4) is 0 Å². The largest absolute Gasteiger partial charge is 0.376 e. The van der Waals surface area contributed by atoms with Crippen LogP contribution in [0, 0.1) is 0 Å². The Morgan fingerprint density at radius 3 is 2.90 bits per heavy atom. The first-order valence-electron chi connectivity index (χ1n) is 7.47. The number of nitrogens with one attached hydrogen (secondary N) is 1. The van der Waals surface area contributed by atoms with Gasteiger partial charge in [-0.15, -0.1) is 0 Å². The maximum Gasteiger partial charge on any atom is 0.132 e. The molecule has 1 aromatic heterocycles. The van der Waals surface area contributed by atoms with Crippen molar-refractivity contribution >= 4 is 5.82 Å². The molecule has 2 heterocycles. The van der Waals surface area contributed by atoms with Gasteiger partial charge in [0.25, 0.3) is 0 Å². The highest BCUT2D eigenvalue weighted by Gasteiger charge is 2.19. The Hall–Kier alpha value is -1.13. The third-order valence-corrected chi connectivity index (χ3v) is 3.54. The highest BCUT2D eigenvalue weighted by molar-refractivity contribution is 5.46. The Morgan fingerprint density at radius 1 is 1.45 bits per heavy atom. The summed E-state index contributed by atoms with van der Waals surface area (Å²) in [7, 11) is 2.10. The molecule has 1 N–H and O–H groups in total. The van der Waals surface area contributed by atoms with Crippen molar-refractivity contribution in [2.75, 3.05) is 25.1 Å². The van der Waals surface area contributed by atoms with Crippen molar-refractivity contribution in [2.45, 2.75) is 51.8 Å². The molecule has 4 heteroatoms. The van der Waals surface area contributed by atoms with Gasteiger partial charge in [-0.05, 0) is 39.7 Å². The van der Waals surface area contributed by atoms with E-state index in [1.165, 1.54) is 12.0 Å². The first kappa shape index (κ1) is 15.3. The minimum absolute atomic E-state index is 0.111. The third-order valence-electron chi connectivity index (χ3n) is 3.54. The molecule has 0 saturated carbocycles. The highest BCUT2D eigenvalue weighted by atomic mass is 16.5. The van der Waals surface area contributed by atoms with Crippen LogP contribution in [0.3, 0.4) is 0 Å². The van der Waals surface area contributed by atoms with E-state index in [0.29, 0.717) is 6.10 Å². The molecule has 0 bridgehead atoms. The number of aromatic nitrogens is 1. The maximum absolute atomic E-state index is 5.71. The minimum Gasteiger partial charge on any atom is -0.376 e. The molecule has 0 spiro atoms. The standard InChI is InChI=1S/C16H27N3O/c1-16(2,3)18-11-13-7-5-9-17-15(13)19(4)12-14-8-6-10-20-14/h5,7,9,14,18H,6,8,10-12H2,1-4H3. The molecule has 1 atom stereocenters. The van der Waals surface area contributed by atoms with Gasteiger partial charge in [-0.3, -0.25) is 0 Å². The summed E-state index contributed by atoms with van der Waals surface area (Å²) in [5, 5.41) is 3.53. The number of rotatable bonds is 5. The van der Waals surface area contributed by atoms with Crippen molar-refractivity contribution in [2.24, 2.45) is 0 Å². The summed E-state index contributed by atoms with van der Waals surface area (Å²) in [6, 6.07) is 4.15. The van der Waals surface area contributed by atoms with Crippen molar-refractivity contribution in [3.05, 3.63) is 23.9 Å². The van der Waals surface area contributed by atoms with Gasteiger partial charge >= 0.3 is 0 Å². The average molecular weight is 277 g/mol. The van der Waals surface area contributed by atoms with Gasteiger partial charge in [0.1, 0.15) is 5.82 Å². The fraction of sp³-hybridized carbons (Fsp3) is 0.688. The molecule has 1 fully saturated rings. The summed E-state index contributed by atoms with van der Waals surface area (Å²) >= 11 is 0. The topological polar surface area (TPSA) is 37.4 Å². The lowest BCUT2D eigenvalue weighted by Gasteiger charge is -2.26. The van der Waals surface area contributed by atoms with Crippen LogP contribution in [0.15, 0.2) is 18.3 Å². The summed E-state index contributed by atoms with van der Waals surface area (Å²) in [5.74, 6) is 1.06. The fourth-order valence-corrected chi connectivity index (χ4v) is 2.45. The van der Waals surface area contributed by atoms with Gasteiger partial charge in [-0.2, -0.15) is 0 Å². The van der Waals surface area contributed by atoms with Crippen LogP contribution in [0.4, 0.5) is 5.82 Å². The third kappa shape index (κ3) is 4.46. The van der Waals surface area contributed by atoms with E-state index in [-0.39, 0.29) is 5.54 Å². The number of ether oxygens (including phenoxy) is 1. The lowest BCUT2D eigenvalue weighted by atomic mass is 10.1. The molecule has 0 radical (unpaired) electrons. The van der Waals surface area contributed by atoms with Gasteiger partial charge in [0, 0.05) is 44.0 Å². The summed E-state index contributed by atoms with van der Waals surface area (Å²) in [4.78, 5) is 6.77. The normalized spacial score (nSPS) is 19.3. The van der Waals surface area contributed by atoms with Crippen molar-refractivity contribution in [1.82, 2.24) is 10.3 Å². The van der Waals surface area contributed by atoms with Crippen LogP contribution >= 0.6 is 0 Å². The predicted octanol–water partition coefficient (Wildman–Crippen LogP) is 2.58. The van der Waals surface area contributed by atoms with Crippen LogP contribution in [0.1, 0.15) is 39.2 Å². The quantitative estimate of drug-likeness (QED) is 0.897. The Morgan fingerprint density at radius 2 is 2.25 bits per heavy atom. The van der Waals surface area contributed by atoms with Gasteiger partial charge in [-0.1, -0.05) is 6.07 Å². The molecule has 1 aliphatic heterocycles. The van der Waals surface area contributed by atoms with E-state index in [0.717, 1.165) is 31.9 Å². The van der Waals surface area contributed by atoms with E-state index >= 15 is 0 Å². The lowest BCUT2D eigenvalue weighted by molar-refractivity contribution is 0.116. The number of anilines is 1. The molecule has 1 aliphatic rings. The molecule has 0 amide bonds. The molecule has 2 rings (SSSR count). The Bertz CT molecular complexity index is 422. The van der Waals surface area contributed by atoms with E-state index in [4.69, 9.17) is 4.74 Å². The highest BCUT2D eigenvalue weighted by Crippen LogP contribution is 2.20. The Kier molecular flexibility index (Phi) is 5.00. The molecular formula is C16H27N3O. The molecular weight excluding hydrogens is 250 g/mol. The lowest BCUT2D eigenvalue weighted by Crippen LogP contribution is -2.36. The monoisotopic (exact) mass is 277 g/mol. The Balaban J connectivity index is 2.02. The van der Waals surface area contributed by atoms with Crippen molar-refractivity contribution < 1.29 is 4.74 Å². The number of hydrogen-bond acceptors (Lipinski definition) is 4. The van der Waals surface area contributed by atoms with Crippen molar-refractivity contribution in [3.63, 3.8) is 0 Å². The van der Waals surface area contributed by atoms with Crippen LogP contribution in [0.2, 0.25) is 0 Å². The van der Waals surface area contributed by atoms with Crippen molar-refractivity contribution in [1.29, 1.82) is 0 Å². The van der Waals surface area contributed by atoms with Crippen LogP contribution < -0.4 is 10.2 Å².